The molecule has 4 heteroatoms. The standard InChI is InChI=1S/C4H4ClF2O/c1-2(5)3(6)4(7)8/h2H,1H3. The van der Waals surface area contributed by atoms with Crippen molar-refractivity contribution in [3.63, 3.8) is 0 Å². The maximum absolute atomic E-state index is 11.7. The molecule has 0 bridgehead atoms. The van der Waals surface area contributed by atoms with Gasteiger partial charge in [0.2, 0.25) is 0 Å². The van der Waals surface area contributed by atoms with Gasteiger partial charge in [0, 0.05) is 0 Å². The monoisotopic (exact) mass is 141 g/mol. The van der Waals surface area contributed by atoms with Gasteiger partial charge < -0.3 is 0 Å². The van der Waals surface area contributed by atoms with Crippen molar-refractivity contribution in [2.45, 2.75) is 12.3 Å². The third kappa shape index (κ3) is 2.12. The van der Waals surface area contributed by atoms with Crippen LogP contribution in [0.3, 0.4) is 0 Å². The zero-order valence-electron chi connectivity index (χ0n) is 4.12. The molecule has 0 saturated carbocycles. The highest BCUT2D eigenvalue weighted by Gasteiger charge is 2.11. The summed E-state index contributed by atoms with van der Waals surface area (Å²) in [5.41, 5.74) is 0. The molecule has 1 unspecified atom stereocenters. The van der Waals surface area contributed by atoms with Crippen LogP contribution in [0.5, 0.6) is 0 Å². The normalized spacial score (nSPS) is 17.5. The van der Waals surface area contributed by atoms with E-state index in [-0.39, 0.29) is 0 Å². The van der Waals surface area contributed by atoms with E-state index in [4.69, 9.17) is 11.6 Å². The van der Waals surface area contributed by atoms with Crippen molar-refractivity contribution in [3.8, 4) is 0 Å². The minimum Gasteiger partial charge on any atom is -0.253 e. The van der Waals surface area contributed by atoms with Crippen LogP contribution in [0.15, 0.2) is 11.8 Å². The van der Waals surface area contributed by atoms with Crippen molar-refractivity contribution in [1.29, 1.82) is 0 Å². The number of rotatable bonds is 1. The molecule has 0 aliphatic heterocycles. The number of halogens is 3. The SMILES string of the molecule is CC(Cl)C(F)=C([O])F. The Balaban J connectivity index is 4.00. The van der Waals surface area contributed by atoms with Gasteiger partial charge in [-0.05, 0) is 6.92 Å². The topological polar surface area (TPSA) is 19.9 Å². The van der Waals surface area contributed by atoms with E-state index in [1.54, 1.807) is 0 Å². The first-order chi connectivity index (χ1) is 3.55. The lowest BCUT2D eigenvalue weighted by atomic mass is 10.4. The Hall–Kier alpha value is -0.310. The number of allylic oxidation sites excluding steroid dienone is 1. The van der Waals surface area contributed by atoms with Gasteiger partial charge in [-0.15, -0.1) is 11.6 Å². The van der Waals surface area contributed by atoms with Crippen molar-refractivity contribution in [2.75, 3.05) is 0 Å². The minimum atomic E-state index is -2.09. The first-order valence-corrected chi connectivity index (χ1v) is 2.35. The molecule has 0 aromatic carbocycles. The molecule has 0 aromatic rings. The van der Waals surface area contributed by atoms with Crippen molar-refractivity contribution in [3.05, 3.63) is 11.8 Å². The zero-order chi connectivity index (χ0) is 6.73. The molecule has 0 saturated heterocycles. The van der Waals surface area contributed by atoms with Gasteiger partial charge in [-0.25, -0.2) is 4.39 Å². The van der Waals surface area contributed by atoms with Gasteiger partial charge in [-0.2, -0.15) is 4.39 Å². The first-order valence-electron chi connectivity index (χ1n) is 1.92. The zero-order valence-corrected chi connectivity index (χ0v) is 4.88. The van der Waals surface area contributed by atoms with Gasteiger partial charge in [0.05, 0.1) is 5.38 Å². The molecule has 0 N–H and O–H groups in total. The largest absolute Gasteiger partial charge is 0.357 e. The van der Waals surface area contributed by atoms with E-state index in [9.17, 15) is 13.9 Å². The predicted molar refractivity (Wildman–Crippen MR) is 25.2 cm³/mol. The smallest absolute Gasteiger partial charge is 0.253 e. The fourth-order valence-electron chi connectivity index (χ4n) is 0.156. The summed E-state index contributed by atoms with van der Waals surface area (Å²) in [6.07, 6.45) is 0. The van der Waals surface area contributed by atoms with Crippen molar-refractivity contribution in [2.24, 2.45) is 0 Å². The summed E-state index contributed by atoms with van der Waals surface area (Å²) < 4.78 is 22.9. The van der Waals surface area contributed by atoms with E-state index in [0.717, 1.165) is 0 Å². The summed E-state index contributed by atoms with van der Waals surface area (Å²) in [4.78, 5) is 0. The summed E-state index contributed by atoms with van der Waals surface area (Å²) >= 11 is 4.95. The second-order valence-corrected chi connectivity index (χ2v) is 1.89. The highest BCUT2D eigenvalue weighted by molar-refractivity contribution is 6.21. The first kappa shape index (κ1) is 7.69. The molecular formula is C4H4ClF2O. The lowest BCUT2D eigenvalue weighted by molar-refractivity contribution is 0.180. The van der Waals surface area contributed by atoms with Crippen LogP contribution >= 0.6 is 11.6 Å². The highest BCUT2D eigenvalue weighted by Crippen LogP contribution is 2.14. The molecule has 8 heavy (non-hydrogen) atoms. The van der Waals surface area contributed by atoms with Crippen LogP contribution in [-0.2, 0) is 5.11 Å². The lowest BCUT2D eigenvalue weighted by Gasteiger charge is -1.92. The Morgan fingerprint density at radius 1 is 1.62 bits per heavy atom. The Morgan fingerprint density at radius 2 is 2.00 bits per heavy atom. The molecule has 0 rings (SSSR count). The summed E-state index contributed by atoms with van der Waals surface area (Å²) in [7, 11) is 0. The molecule has 1 nitrogen and oxygen atoms in total. The van der Waals surface area contributed by atoms with Gasteiger partial charge in [0.1, 0.15) is 0 Å². The molecule has 0 spiro atoms. The van der Waals surface area contributed by atoms with E-state index < -0.39 is 17.2 Å². The molecule has 1 atom stereocenters. The second-order valence-electron chi connectivity index (χ2n) is 1.24. The fourth-order valence-corrected chi connectivity index (χ4v) is 0.242. The maximum atomic E-state index is 11.7. The average Bonchev–Trinajstić information content (AvgIpc) is 1.64. The van der Waals surface area contributed by atoms with Crippen LogP contribution in [0.25, 0.3) is 0 Å². The summed E-state index contributed by atoms with van der Waals surface area (Å²) in [6, 6.07) is -2.09. The van der Waals surface area contributed by atoms with Gasteiger partial charge in [0.25, 0.3) is 0 Å². The Labute approximate surface area is 50.6 Å². The van der Waals surface area contributed by atoms with Gasteiger partial charge in [0.15, 0.2) is 5.83 Å². The molecule has 0 aliphatic rings. The van der Waals surface area contributed by atoms with E-state index >= 15 is 0 Å². The van der Waals surface area contributed by atoms with Gasteiger partial charge in [-0.3, -0.25) is 5.11 Å². The molecule has 47 valence electrons. The second kappa shape index (κ2) is 2.87. The third-order valence-electron chi connectivity index (χ3n) is 0.537. The van der Waals surface area contributed by atoms with E-state index in [1.807, 2.05) is 0 Å². The molecule has 0 aliphatic carbocycles. The summed E-state index contributed by atoms with van der Waals surface area (Å²) in [5.74, 6) is -1.44. The van der Waals surface area contributed by atoms with Crippen LogP contribution in [0.4, 0.5) is 8.78 Å². The van der Waals surface area contributed by atoms with Crippen LogP contribution in [0.2, 0.25) is 0 Å². The predicted octanol–water partition coefficient (Wildman–Crippen LogP) is 2.15. The number of hydrogen-bond donors (Lipinski definition) is 0. The van der Waals surface area contributed by atoms with Crippen molar-refractivity contribution < 1.29 is 13.9 Å². The quantitative estimate of drug-likeness (QED) is 0.394. The Kier molecular flexibility index (Phi) is 2.76. The lowest BCUT2D eigenvalue weighted by Crippen LogP contribution is -1.92. The molecule has 0 aromatic heterocycles. The molecule has 0 amide bonds. The van der Waals surface area contributed by atoms with Gasteiger partial charge in [-0.1, -0.05) is 0 Å². The number of hydrogen-bond acceptors (Lipinski definition) is 0. The van der Waals surface area contributed by atoms with Crippen molar-refractivity contribution in [1.82, 2.24) is 0 Å². The van der Waals surface area contributed by atoms with Crippen LogP contribution < -0.4 is 0 Å². The molecule has 0 fully saturated rings. The van der Waals surface area contributed by atoms with E-state index in [2.05, 4.69) is 0 Å². The van der Waals surface area contributed by atoms with Crippen LogP contribution in [-0.4, -0.2) is 5.38 Å². The van der Waals surface area contributed by atoms with Crippen LogP contribution in [0, 0.1) is 0 Å². The van der Waals surface area contributed by atoms with E-state index in [1.165, 1.54) is 6.92 Å². The van der Waals surface area contributed by atoms with Crippen molar-refractivity contribution >= 4 is 11.6 Å². The fraction of sp³-hybridized carbons (Fsp3) is 0.500. The highest BCUT2D eigenvalue weighted by atomic mass is 35.5. The Morgan fingerprint density at radius 3 is 2.00 bits per heavy atom. The summed E-state index contributed by atoms with van der Waals surface area (Å²) in [6.45, 7) is 1.17. The Bertz CT molecular complexity index is 107. The van der Waals surface area contributed by atoms with Crippen LogP contribution in [0.1, 0.15) is 6.92 Å². The molecule has 0 heterocycles. The van der Waals surface area contributed by atoms with E-state index in [0.29, 0.717) is 0 Å². The molecular weight excluding hydrogens is 137 g/mol. The summed E-state index contributed by atoms with van der Waals surface area (Å²) in [5, 5.41) is 8.26. The average molecular weight is 142 g/mol. The maximum Gasteiger partial charge on any atom is 0.357 e. The van der Waals surface area contributed by atoms with Gasteiger partial charge >= 0.3 is 6.01 Å². The minimum absolute atomic E-state index is 1.16. The third-order valence-corrected chi connectivity index (χ3v) is 0.729. The number of alkyl halides is 1. The molecule has 1 radical (unpaired) electrons.